The highest BCUT2D eigenvalue weighted by Crippen LogP contribution is 2.35. The predicted octanol–water partition coefficient (Wildman–Crippen LogP) is 4.80. The molecule has 1 N–H and O–H groups in total. The van der Waals surface area contributed by atoms with Gasteiger partial charge in [-0.25, -0.2) is 0 Å². The summed E-state index contributed by atoms with van der Waals surface area (Å²) in [6.45, 7) is 4.94. The summed E-state index contributed by atoms with van der Waals surface area (Å²) in [6.07, 6.45) is 2.53. The molecule has 26 heavy (non-hydrogen) atoms. The Morgan fingerprint density at radius 3 is 2.54 bits per heavy atom. The predicted molar refractivity (Wildman–Crippen MR) is 107 cm³/mol. The van der Waals surface area contributed by atoms with Crippen LogP contribution in [0.25, 0.3) is 0 Å². The molecule has 5 rings (SSSR count). The zero-order chi connectivity index (χ0) is 18.1. The fourth-order valence-electron chi connectivity index (χ4n) is 4.37. The van der Waals surface area contributed by atoms with Gasteiger partial charge in [-0.15, -0.1) is 0 Å². The van der Waals surface area contributed by atoms with Crippen LogP contribution in [0.4, 0.5) is 0 Å². The van der Waals surface area contributed by atoms with Crippen molar-refractivity contribution in [2.75, 3.05) is 19.6 Å². The molecule has 5 heteroatoms. The van der Waals surface area contributed by atoms with Crippen molar-refractivity contribution in [2.24, 2.45) is 5.92 Å². The minimum Gasteiger partial charge on any atom is -0.506 e. The average Bonchev–Trinajstić information content (AvgIpc) is 2.94. The fourth-order valence-corrected chi connectivity index (χ4v) is 4.86. The third kappa shape index (κ3) is 3.86. The monoisotopic (exact) mass is 390 g/mol. The van der Waals surface area contributed by atoms with E-state index >= 15 is 0 Å². The average molecular weight is 391 g/mol. The number of piperidine rings is 1. The number of halogens is 2. The van der Waals surface area contributed by atoms with E-state index in [9.17, 15) is 5.11 Å². The minimum atomic E-state index is 0.106. The van der Waals surface area contributed by atoms with E-state index in [0.717, 1.165) is 31.7 Å². The van der Waals surface area contributed by atoms with E-state index in [1.54, 1.807) is 12.1 Å². The van der Waals surface area contributed by atoms with Crippen LogP contribution in [0.2, 0.25) is 10.0 Å². The van der Waals surface area contributed by atoms with Gasteiger partial charge in [0.15, 0.2) is 0 Å². The third-order valence-electron chi connectivity index (χ3n) is 5.68. The van der Waals surface area contributed by atoms with Crippen molar-refractivity contribution in [3.63, 3.8) is 0 Å². The molecule has 0 aromatic heterocycles. The van der Waals surface area contributed by atoms with Gasteiger partial charge in [0.2, 0.25) is 0 Å². The number of rotatable bonds is 4. The number of hydrogen-bond donors (Lipinski definition) is 1. The highest BCUT2D eigenvalue weighted by Gasteiger charge is 2.35. The second kappa shape index (κ2) is 7.77. The molecule has 0 radical (unpaired) electrons. The highest BCUT2D eigenvalue weighted by molar-refractivity contribution is 6.36. The molecule has 2 aromatic carbocycles. The molecule has 0 unspecified atom stereocenters. The molecule has 3 fully saturated rings. The minimum absolute atomic E-state index is 0.106. The normalized spacial score (nSPS) is 23.9. The standard InChI is InChI=1S/C21H24Cl2N2O/c22-19-8-9-20(26)21(23)18(19)14-24-10-16-6-7-17(13-24)25(12-16)11-15-4-2-1-3-5-15/h1-5,8-9,16-17,26H,6-7,10-14H2/t16-,17+/m0/s1. The molecular weight excluding hydrogens is 367 g/mol. The molecule has 0 amide bonds. The summed E-state index contributed by atoms with van der Waals surface area (Å²) in [7, 11) is 0. The molecule has 138 valence electrons. The van der Waals surface area contributed by atoms with Crippen molar-refractivity contribution < 1.29 is 5.11 Å². The van der Waals surface area contributed by atoms with Crippen LogP contribution in [0.1, 0.15) is 24.0 Å². The molecular formula is C21H24Cl2N2O. The van der Waals surface area contributed by atoms with Crippen LogP contribution in [0, 0.1) is 5.92 Å². The molecule has 3 aliphatic rings. The molecule has 3 aliphatic heterocycles. The maximum atomic E-state index is 9.91. The molecule has 3 heterocycles. The largest absolute Gasteiger partial charge is 0.506 e. The van der Waals surface area contributed by atoms with Crippen molar-refractivity contribution >= 4 is 23.2 Å². The number of hydrogen-bond acceptors (Lipinski definition) is 3. The number of benzene rings is 2. The molecule has 2 bridgehead atoms. The molecule has 0 aliphatic carbocycles. The first kappa shape index (κ1) is 18.1. The van der Waals surface area contributed by atoms with Gasteiger partial charge < -0.3 is 5.11 Å². The summed E-state index contributed by atoms with van der Waals surface area (Å²) in [5.74, 6) is 0.780. The van der Waals surface area contributed by atoms with Gasteiger partial charge in [0.05, 0.1) is 5.02 Å². The van der Waals surface area contributed by atoms with E-state index in [1.165, 1.54) is 18.4 Å². The van der Waals surface area contributed by atoms with Crippen LogP contribution >= 0.6 is 23.2 Å². The summed E-state index contributed by atoms with van der Waals surface area (Å²) in [5.41, 5.74) is 2.22. The van der Waals surface area contributed by atoms with E-state index < -0.39 is 0 Å². The van der Waals surface area contributed by atoms with Gasteiger partial charge >= 0.3 is 0 Å². The summed E-state index contributed by atoms with van der Waals surface area (Å²) in [6, 6.07) is 14.6. The third-order valence-corrected chi connectivity index (χ3v) is 6.45. The summed E-state index contributed by atoms with van der Waals surface area (Å²) < 4.78 is 0. The highest BCUT2D eigenvalue weighted by atomic mass is 35.5. The first-order valence-electron chi connectivity index (χ1n) is 9.26. The lowest BCUT2D eigenvalue weighted by Gasteiger charge is -2.36. The second-order valence-corrected chi connectivity index (χ2v) is 8.35. The summed E-state index contributed by atoms with van der Waals surface area (Å²) in [5, 5.41) is 10.9. The molecule has 3 nitrogen and oxygen atoms in total. The first-order chi connectivity index (χ1) is 12.6. The van der Waals surface area contributed by atoms with Gasteiger partial charge in [0.1, 0.15) is 5.75 Å². The van der Waals surface area contributed by atoms with E-state index in [-0.39, 0.29) is 5.75 Å². The SMILES string of the molecule is Oc1ccc(Cl)c(CN2C[C@@H]3CC[C@H](C2)N(Cc2ccccc2)C3)c1Cl. The Balaban J connectivity index is 1.49. The van der Waals surface area contributed by atoms with Gasteiger partial charge in [-0.1, -0.05) is 53.5 Å². The van der Waals surface area contributed by atoms with E-state index in [0.29, 0.717) is 28.5 Å². The van der Waals surface area contributed by atoms with Crippen molar-refractivity contribution in [3.8, 4) is 5.75 Å². The van der Waals surface area contributed by atoms with Gasteiger partial charge in [0, 0.05) is 49.4 Å². The van der Waals surface area contributed by atoms with Crippen LogP contribution < -0.4 is 0 Å². The summed E-state index contributed by atoms with van der Waals surface area (Å²) in [4.78, 5) is 5.09. The number of phenolic OH excluding ortho intramolecular Hbond substituents is 1. The van der Waals surface area contributed by atoms with Crippen molar-refractivity contribution in [1.29, 1.82) is 0 Å². The Morgan fingerprint density at radius 1 is 0.923 bits per heavy atom. The van der Waals surface area contributed by atoms with E-state index in [4.69, 9.17) is 23.2 Å². The Hall–Kier alpha value is -1.26. The zero-order valence-corrected chi connectivity index (χ0v) is 16.3. The van der Waals surface area contributed by atoms with Gasteiger partial charge in [-0.2, -0.15) is 0 Å². The number of nitrogens with zero attached hydrogens (tertiary/aromatic N) is 2. The molecule has 3 saturated heterocycles. The maximum Gasteiger partial charge on any atom is 0.134 e. The quantitative estimate of drug-likeness (QED) is 0.812. The smallest absolute Gasteiger partial charge is 0.134 e. The lowest BCUT2D eigenvalue weighted by atomic mass is 9.94. The van der Waals surface area contributed by atoms with Crippen molar-refractivity contribution in [3.05, 3.63) is 63.6 Å². The van der Waals surface area contributed by atoms with Gasteiger partial charge in [-0.05, 0) is 36.5 Å². The number of phenols is 1. The van der Waals surface area contributed by atoms with E-state index in [2.05, 4.69) is 40.1 Å². The first-order valence-corrected chi connectivity index (χ1v) is 10.0. The molecule has 2 atom stereocenters. The van der Waals surface area contributed by atoms with Crippen LogP contribution in [-0.4, -0.2) is 40.6 Å². The topological polar surface area (TPSA) is 26.7 Å². The summed E-state index contributed by atoms with van der Waals surface area (Å²) >= 11 is 12.7. The maximum absolute atomic E-state index is 9.91. The molecule has 2 aromatic rings. The van der Waals surface area contributed by atoms with Crippen LogP contribution in [0.15, 0.2) is 42.5 Å². The Labute approximate surface area is 165 Å². The molecule has 0 saturated carbocycles. The second-order valence-electron chi connectivity index (χ2n) is 7.57. The fraction of sp³-hybridized carbons (Fsp3) is 0.429. The Kier molecular flexibility index (Phi) is 5.42. The van der Waals surface area contributed by atoms with Crippen LogP contribution in [0.5, 0.6) is 5.75 Å². The number of fused-ring (bicyclic) bond motifs is 4. The Bertz CT molecular complexity index is 768. The van der Waals surface area contributed by atoms with Gasteiger partial charge in [-0.3, -0.25) is 9.80 Å². The number of aromatic hydroxyl groups is 1. The van der Waals surface area contributed by atoms with Crippen molar-refractivity contribution in [1.82, 2.24) is 9.80 Å². The van der Waals surface area contributed by atoms with Crippen LogP contribution in [0.3, 0.4) is 0 Å². The molecule has 0 spiro atoms. The lowest BCUT2D eigenvalue weighted by Crippen LogP contribution is -2.43. The van der Waals surface area contributed by atoms with Crippen molar-refractivity contribution in [2.45, 2.75) is 32.0 Å². The van der Waals surface area contributed by atoms with Gasteiger partial charge in [0.25, 0.3) is 0 Å². The lowest BCUT2D eigenvalue weighted by molar-refractivity contribution is 0.123. The Morgan fingerprint density at radius 2 is 1.73 bits per heavy atom. The van der Waals surface area contributed by atoms with E-state index in [1.807, 2.05) is 0 Å². The zero-order valence-electron chi connectivity index (χ0n) is 14.7. The van der Waals surface area contributed by atoms with Crippen LogP contribution in [-0.2, 0) is 13.1 Å².